The van der Waals surface area contributed by atoms with Crippen molar-refractivity contribution in [1.29, 1.82) is 0 Å². The maximum absolute atomic E-state index is 12.5. The van der Waals surface area contributed by atoms with E-state index in [1.165, 1.54) is 0 Å². The average molecular weight is 379 g/mol. The SMILES string of the molecule is COCCNC(=O)c1ccc(OC)cc1OC1CCN(C(=O)N(C)C)CC1. The van der Waals surface area contributed by atoms with Gasteiger partial charge in [-0.15, -0.1) is 0 Å². The van der Waals surface area contributed by atoms with Crippen LogP contribution in [0, 0.1) is 0 Å². The average Bonchev–Trinajstić information content (AvgIpc) is 2.68. The number of amides is 3. The molecule has 1 saturated heterocycles. The van der Waals surface area contributed by atoms with Crippen molar-refractivity contribution < 1.29 is 23.8 Å². The van der Waals surface area contributed by atoms with Gasteiger partial charge in [-0.2, -0.15) is 0 Å². The first-order valence-corrected chi connectivity index (χ1v) is 9.04. The lowest BCUT2D eigenvalue weighted by Gasteiger charge is -2.34. The maximum atomic E-state index is 12.5. The predicted molar refractivity (Wildman–Crippen MR) is 102 cm³/mol. The molecule has 2 rings (SSSR count). The molecule has 0 radical (unpaired) electrons. The summed E-state index contributed by atoms with van der Waals surface area (Å²) in [6.07, 6.45) is 1.36. The number of hydrogen-bond donors (Lipinski definition) is 1. The monoisotopic (exact) mass is 379 g/mol. The fraction of sp³-hybridized carbons (Fsp3) is 0.579. The highest BCUT2D eigenvalue weighted by molar-refractivity contribution is 5.97. The Balaban J connectivity index is 2.04. The van der Waals surface area contributed by atoms with Crippen molar-refractivity contribution in [2.24, 2.45) is 0 Å². The van der Waals surface area contributed by atoms with Crippen molar-refractivity contribution in [2.45, 2.75) is 18.9 Å². The zero-order valence-corrected chi connectivity index (χ0v) is 16.5. The van der Waals surface area contributed by atoms with Gasteiger partial charge in [-0.25, -0.2) is 4.79 Å². The number of methoxy groups -OCH3 is 2. The zero-order valence-electron chi connectivity index (χ0n) is 16.5. The van der Waals surface area contributed by atoms with Gasteiger partial charge in [0.1, 0.15) is 17.6 Å². The number of urea groups is 1. The van der Waals surface area contributed by atoms with E-state index < -0.39 is 0 Å². The van der Waals surface area contributed by atoms with Gasteiger partial charge in [0.2, 0.25) is 0 Å². The second-order valence-corrected chi connectivity index (χ2v) is 6.59. The summed E-state index contributed by atoms with van der Waals surface area (Å²) in [5.74, 6) is 0.894. The molecule has 8 heteroatoms. The van der Waals surface area contributed by atoms with E-state index in [-0.39, 0.29) is 18.0 Å². The van der Waals surface area contributed by atoms with Crippen LogP contribution < -0.4 is 14.8 Å². The van der Waals surface area contributed by atoms with Gasteiger partial charge >= 0.3 is 6.03 Å². The molecule has 1 aliphatic heterocycles. The largest absolute Gasteiger partial charge is 0.497 e. The van der Waals surface area contributed by atoms with Crippen molar-refractivity contribution in [2.75, 3.05) is 54.6 Å². The lowest BCUT2D eigenvalue weighted by atomic mass is 10.1. The van der Waals surface area contributed by atoms with E-state index in [0.29, 0.717) is 56.1 Å². The van der Waals surface area contributed by atoms with Crippen LogP contribution in [0.5, 0.6) is 11.5 Å². The number of benzene rings is 1. The number of likely N-dealkylation sites (tertiary alicyclic amines) is 1. The summed E-state index contributed by atoms with van der Waals surface area (Å²) < 4.78 is 16.3. The van der Waals surface area contributed by atoms with Crippen LogP contribution in [-0.2, 0) is 4.74 Å². The van der Waals surface area contributed by atoms with Gasteiger partial charge in [-0.3, -0.25) is 4.79 Å². The maximum Gasteiger partial charge on any atom is 0.319 e. The number of piperidine rings is 1. The number of nitrogens with one attached hydrogen (secondary N) is 1. The van der Waals surface area contributed by atoms with Crippen LogP contribution in [0.1, 0.15) is 23.2 Å². The third-order valence-corrected chi connectivity index (χ3v) is 4.41. The zero-order chi connectivity index (χ0) is 19.8. The summed E-state index contributed by atoms with van der Waals surface area (Å²) in [6.45, 7) is 2.12. The Morgan fingerprint density at radius 2 is 1.93 bits per heavy atom. The van der Waals surface area contributed by atoms with Gasteiger partial charge < -0.3 is 29.3 Å². The first-order valence-electron chi connectivity index (χ1n) is 9.04. The smallest absolute Gasteiger partial charge is 0.319 e. The Morgan fingerprint density at radius 3 is 2.52 bits per heavy atom. The molecule has 0 atom stereocenters. The minimum absolute atomic E-state index is 0.00744. The van der Waals surface area contributed by atoms with Gasteiger partial charge in [0.25, 0.3) is 5.91 Å². The highest BCUT2D eigenvalue weighted by atomic mass is 16.5. The molecule has 150 valence electrons. The summed E-state index contributed by atoms with van der Waals surface area (Å²) in [7, 11) is 6.65. The highest BCUT2D eigenvalue weighted by Crippen LogP contribution is 2.28. The molecule has 8 nitrogen and oxygen atoms in total. The summed E-state index contributed by atoms with van der Waals surface area (Å²) in [6, 6.07) is 5.16. The lowest BCUT2D eigenvalue weighted by molar-refractivity contribution is 0.0903. The Hall–Kier alpha value is -2.48. The van der Waals surface area contributed by atoms with Crippen LogP contribution >= 0.6 is 0 Å². The van der Waals surface area contributed by atoms with Gasteiger partial charge in [0, 0.05) is 59.7 Å². The van der Waals surface area contributed by atoms with E-state index in [0.717, 1.165) is 0 Å². The summed E-state index contributed by atoms with van der Waals surface area (Å²) >= 11 is 0. The van der Waals surface area contributed by atoms with E-state index in [2.05, 4.69) is 5.32 Å². The molecule has 0 bridgehead atoms. The third-order valence-electron chi connectivity index (χ3n) is 4.41. The number of carbonyl (C=O) groups is 2. The van der Waals surface area contributed by atoms with E-state index >= 15 is 0 Å². The first kappa shape index (κ1) is 20.8. The lowest BCUT2D eigenvalue weighted by Crippen LogP contribution is -2.46. The van der Waals surface area contributed by atoms with Crippen molar-refractivity contribution in [3.05, 3.63) is 23.8 Å². The van der Waals surface area contributed by atoms with E-state index in [1.807, 2.05) is 4.90 Å². The molecular formula is C19H29N3O5. The molecule has 1 aromatic carbocycles. The summed E-state index contributed by atoms with van der Waals surface area (Å²) in [4.78, 5) is 27.9. The van der Waals surface area contributed by atoms with Crippen LogP contribution in [-0.4, -0.2) is 82.4 Å². The molecular weight excluding hydrogens is 350 g/mol. The number of ether oxygens (including phenoxy) is 3. The van der Waals surface area contributed by atoms with Crippen LogP contribution in [0.2, 0.25) is 0 Å². The molecule has 27 heavy (non-hydrogen) atoms. The van der Waals surface area contributed by atoms with Crippen molar-refractivity contribution in [3.8, 4) is 11.5 Å². The first-order chi connectivity index (χ1) is 13.0. The number of rotatable bonds is 7. The second kappa shape index (κ2) is 10.0. The number of hydrogen-bond acceptors (Lipinski definition) is 5. The Kier molecular flexibility index (Phi) is 7.72. The molecule has 0 aromatic heterocycles. The van der Waals surface area contributed by atoms with E-state index in [4.69, 9.17) is 14.2 Å². The van der Waals surface area contributed by atoms with Gasteiger partial charge in [0.05, 0.1) is 19.3 Å². The summed E-state index contributed by atoms with van der Waals surface area (Å²) in [5.41, 5.74) is 0.457. The fourth-order valence-corrected chi connectivity index (χ4v) is 2.90. The van der Waals surface area contributed by atoms with Crippen LogP contribution in [0.3, 0.4) is 0 Å². The van der Waals surface area contributed by atoms with Crippen LogP contribution in [0.4, 0.5) is 4.79 Å². The van der Waals surface area contributed by atoms with Gasteiger partial charge in [-0.1, -0.05) is 0 Å². The molecule has 1 heterocycles. The Labute approximate surface area is 160 Å². The topological polar surface area (TPSA) is 80.3 Å². The highest BCUT2D eigenvalue weighted by Gasteiger charge is 2.26. The molecule has 3 amide bonds. The molecule has 1 aliphatic rings. The molecule has 0 saturated carbocycles. The van der Waals surface area contributed by atoms with Crippen molar-refractivity contribution in [1.82, 2.24) is 15.1 Å². The molecule has 0 aliphatic carbocycles. The third kappa shape index (κ3) is 5.75. The minimum Gasteiger partial charge on any atom is -0.497 e. The molecule has 0 unspecified atom stereocenters. The standard InChI is InChI=1S/C19H29N3O5/c1-21(2)19(24)22-10-7-14(8-11-22)27-17-13-15(26-4)5-6-16(17)18(23)20-9-12-25-3/h5-6,13-14H,7-12H2,1-4H3,(H,20,23). The fourth-order valence-electron chi connectivity index (χ4n) is 2.90. The van der Waals surface area contributed by atoms with Crippen LogP contribution in [0.25, 0.3) is 0 Å². The summed E-state index contributed by atoms with van der Waals surface area (Å²) in [5, 5.41) is 2.81. The van der Waals surface area contributed by atoms with E-state index in [9.17, 15) is 9.59 Å². The van der Waals surface area contributed by atoms with Crippen LogP contribution in [0.15, 0.2) is 18.2 Å². The molecule has 0 spiro atoms. The molecule has 1 aromatic rings. The van der Waals surface area contributed by atoms with E-state index in [1.54, 1.807) is 51.4 Å². The molecule has 1 N–H and O–H groups in total. The predicted octanol–water partition coefficient (Wildman–Crippen LogP) is 1.60. The second-order valence-electron chi connectivity index (χ2n) is 6.59. The Morgan fingerprint density at radius 1 is 1.22 bits per heavy atom. The van der Waals surface area contributed by atoms with Gasteiger partial charge in [-0.05, 0) is 12.1 Å². The molecule has 1 fully saturated rings. The Bertz CT molecular complexity index is 642. The minimum atomic E-state index is -0.218. The number of nitrogens with zero attached hydrogens (tertiary/aromatic N) is 2. The van der Waals surface area contributed by atoms with Crippen molar-refractivity contribution >= 4 is 11.9 Å². The van der Waals surface area contributed by atoms with Gasteiger partial charge in [0.15, 0.2) is 0 Å². The number of carbonyl (C=O) groups excluding carboxylic acids is 2. The quantitative estimate of drug-likeness (QED) is 0.728. The normalized spacial score (nSPS) is 14.6. The van der Waals surface area contributed by atoms with Crippen molar-refractivity contribution in [3.63, 3.8) is 0 Å².